The summed E-state index contributed by atoms with van der Waals surface area (Å²) >= 11 is 0. The average Bonchev–Trinajstić information content (AvgIpc) is 2.86. The zero-order valence-electron chi connectivity index (χ0n) is 18.2. The van der Waals surface area contributed by atoms with Crippen molar-refractivity contribution in [2.45, 2.75) is 12.8 Å². The van der Waals surface area contributed by atoms with Gasteiger partial charge in [0.15, 0.2) is 0 Å². The van der Waals surface area contributed by atoms with Gasteiger partial charge in [-0.1, -0.05) is 97.1 Å². The Morgan fingerprint density at radius 3 is 2.18 bits per heavy atom. The summed E-state index contributed by atoms with van der Waals surface area (Å²) in [6.07, 6.45) is 6.00. The number of fused-ring (bicyclic) bond motifs is 3. The van der Waals surface area contributed by atoms with E-state index >= 15 is 0 Å². The highest BCUT2D eigenvalue weighted by Crippen LogP contribution is 2.41. The van der Waals surface area contributed by atoms with E-state index in [4.69, 9.17) is 0 Å². The van der Waals surface area contributed by atoms with E-state index in [1.165, 1.54) is 38.6 Å². The number of hydrogen-bond acceptors (Lipinski definition) is 2. The largest absolute Gasteiger partial charge is 0.489 e. The maximum atomic E-state index is 10.3. The second kappa shape index (κ2) is 8.04. The molecule has 158 valence electrons. The summed E-state index contributed by atoms with van der Waals surface area (Å²) in [4.78, 5) is 0. The van der Waals surface area contributed by atoms with E-state index in [0.717, 1.165) is 29.2 Å². The fraction of sp³-hybridized carbons (Fsp3) is 0.0667. The molecule has 1 aliphatic carbocycles. The van der Waals surface area contributed by atoms with Crippen molar-refractivity contribution in [3.63, 3.8) is 0 Å². The van der Waals surface area contributed by atoms with Gasteiger partial charge < -0.3 is 10.0 Å². The summed E-state index contributed by atoms with van der Waals surface area (Å²) in [7, 11) is -1.52. The predicted octanol–water partition coefficient (Wildman–Crippen LogP) is 5.97. The molecule has 3 heteroatoms. The summed E-state index contributed by atoms with van der Waals surface area (Å²) in [5, 5.41) is 25.0. The molecule has 0 aromatic heterocycles. The van der Waals surface area contributed by atoms with Gasteiger partial charge >= 0.3 is 7.12 Å². The molecule has 0 amide bonds. The molecule has 0 atom stereocenters. The van der Waals surface area contributed by atoms with Crippen LogP contribution in [0.1, 0.15) is 17.5 Å². The van der Waals surface area contributed by atoms with Gasteiger partial charge in [0, 0.05) is 0 Å². The maximum Gasteiger partial charge on any atom is 0.489 e. The zero-order chi connectivity index (χ0) is 22.4. The van der Waals surface area contributed by atoms with E-state index in [1.807, 2.05) is 18.2 Å². The normalized spacial score (nSPS) is 12.8. The minimum Gasteiger partial charge on any atom is -0.423 e. The van der Waals surface area contributed by atoms with E-state index < -0.39 is 7.12 Å². The highest BCUT2D eigenvalue weighted by atomic mass is 16.4. The average molecular weight is 426 g/mol. The van der Waals surface area contributed by atoms with E-state index in [9.17, 15) is 10.0 Å². The molecule has 1 aliphatic rings. The first-order valence-electron chi connectivity index (χ1n) is 11.4. The Balaban J connectivity index is 1.69. The van der Waals surface area contributed by atoms with Gasteiger partial charge in [0.25, 0.3) is 0 Å². The summed E-state index contributed by atoms with van der Waals surface area (Å²) < 4.78 is 0. The maximum absolute atomic E-state index is 10.3. The van der Waals surface area contributed by atoms with Crippen LogP contribution in [-0.4, -0.2) is 17.2 Å². The summed E-state index contributed by atoms with van der Waals surface area (Å²) in [6, 6.07) is 31.7. The van der Waals surface area contributed by atoms with E-state index in [-0.39, 0.29) is 0 Å². The first-order valence-corrected chi connectivity index (χ1v) is 11.4. The van der Waals surface area contributed by atoms with Crippen molar-refractivity contribution in [3.05, 3.63) is 108 Å². The Bertz CT molecular complexity index is 1550. The molecule has 0 bridgehead atoms. The van der Waals surface area contributed by atoms with Crippen LogP contribution < -0.4 is 5.46 Å². The number of hydrogen-bond donors (Lipinski definition) is 2. The smallest absolute Gasteiger partial charge is 0.423 e. The van der Waals surface area contributed by atoms with Crippen molar-refractivity contribution in [3.8, 4) is 22.3 Å². The van der Waals surface area contributed by atoms with Gasteiger partial charge in [-0.25, -0.2) is 0 Å². The molecule has 0 fully saturated rings. The van der Waals surface area contributed by atoms with Crippen LogP contribution in [0.15, 0.2) is 97.1 Å². The van der Waals surface area contributed by atoms with Gasteiger partial charge in [-0.2, -0.15) is 0 Å². The van der Waals surface area contributed by atoms with Crippen molar-refractivity contribution < 1.29 is 10.0 Å². The molecule has 0 radical (unpaired) electrons. The topological polar surface area (TPSA) is 40.5 Å². The Labute approximate surface area is 193 Å². The molecule has 6 rings (SSSR count). The van der Waals surface area contributed by atoms with Crippen LogP contribution in [-0.2, 0) is 6.42 Å². The fourth-order valence-electron chi connectivity index (χ4n) is 5.32. The standard InChI is InChI=1S/C30H23BO2/c32-31(33)30-27-15-7-5-13-25(27)29(26-14-6-8-16-28(26)30)24-12-4-3-11-23(24)22-18-17-20-9-1-2-10-21(20)19-22/h1-5,7-13,15-19,32-33H,6,14H2. The van der Waals surface area contributed by atoms with E-state index in [1.54, 1.807) is 0 Å². The Hall–Kier alpha value is -3.66. The molecular weight excluding hydrogens is 403 g/mol. The zero-order valence-corrected chi connectivity index (χ0v) is 18.2. The molecule has 5 aromatic rings. The van der Waals surface area contributed by atoms with E-state index in [2.05, 4.69) is 84.9 Å². The van der Waals surface area contributed by atoms with Gasteiger partial charge in [-0.15, -0.1) is 0 Å². The third-order valence-corrected chi connectivity index (χ3v) is 6.76. The summed E-state index contributed by atoms with van der Waals surface area (Å²) in [5.41, 5.74) is 7.46. The summed E-state index contributed by atoms with van der Waals surface area (Å²) in [6.45, 7) is 0. The highest BCUT2D eigenvalue weighted by Gasteiger charge is 2.26. The lowest BCUT2D eigenvalue weighted by atomic mass is 9.69. The van der Waals surface area contributed by atoms with Gasteiger partial charge in [-0.3, -0.25) is 0 Å². The lowest BCUT2D eigenvalue weighted by Crippen LogP contribution is -2.34. The minimum absolute atomic E-state index is 0.600. The third kappa shape index (κ3) is 3.29. The third-order valence-electron chi connectivity index (χ3n) is 6.76. The minimum atomic E-state index is -1.52. The van der Waals surface area contributed by atoms with Crippen LogP contribution in [0.5, 0.6) is 0 Å². The predicted molar refractivity (Wildman–Crippen MR) is 140 cm³/mol. The van der Waals surface area contributed by atoms with Crippen molar-refractivity contribution >= 4 is 40.2 Å². The fourth-order valence-corrected chi connectivity index (χ4v) is 5.32. The van der Waals surface area contributed by atoms with Crippen LogP contribution in [0.25, 0.3) is 49.9 Å². The second-order valence-electron chi connectivity index (χ2n) is 8.65. The van der Waals surface area contributed by atoms with Crippen molar-refractivity contribution in [2.75, 3.05) is 0 Å². The first kappa shape index (κ1) is 20.0. The lowest BCUT2D eigenvalue weighted by Gasteiger charge is -2.24. The van der Waals surface area contributed by atoms with Crippen molar-refractivity contribution in [2.24, 2.45) is 0 Å². The SMILES string of the molecule is OB(O)c1c2c(c(-c3ccccc3-c3ccc4ccccc4c3)c3ccccc13)CCC=C2. The van der Waals surface area contributed by atoms with Crippen molar-refractivity contribution in [1.82, 2.24) is 0 Å². The Kier molecular flexibility index (Phi) is 4.87. The molecule has 0 saturated heterocycles. The molecule has 2 nitrogen and oxygen atoms in total. The molecule has 0 spiro atoms. The monoisotopic (exact) mass is 426 g/mol. The molecule has 2 N–H and O–H groups in total. The van der Waals surface area contributed by atoms with Gasteiger partial charge in [0.1, 0.15) is 0 Å². The van der Waals surface area contributed by atoms with Gasteiger partial charge in [-0.05, 0) is 79.3 Å². The van der Waals surface area contributed by atoms with E-state index in [0.29, 0.717) is 5.46 Å². The molecule has 0 saturated carbocycles. The molecule has 33 heavy (non-hydrogen) atoms. The van der Waals surface area contributed by atoms with Crippen LogP contribution in [0.3, 0.4) is 0 Å². The molecular formula is C30H23BO2. The van der Waals surface area contributed by atoms with Crippen LogP contribution in [0, 0.1) is 0 Å². The Morgan fingerprint density at radius 1 is 0.667 bits per heavy atom. The lowest BCUT2D eigenvalue weighted by molar-refractivity contribution is 0.426. The van der Waals surface area contributed by atoms with Crippen LogP contribution in [0.2, 0.25) is 0 Å². The second-order valence-corrected chi connectivity index (χ2v) is 8.65. The van der Waals surface area contributed by atoms with Gasteiger partial charge in [0.2, 0.25) is 0 Å². The number of benzene rings is 5. The number of rotatable bonds is 3. The van der Waals surface area contributed by atoms with Crippen LogP contribution in [0.4, 0.5) is 0 Å². The van der Waals surface area contributed by atoms with Crippen molar-refractivity contribution in [1.29, 1.82) is 0 Å². The summed E-state index contributed by atoms with van der Waals surface area (Å²) in [5.74, 6) is 0. The molecule has 0 unspecified atom stereocenters. The highest BCUT2D eigenvalue weighted by molar-refractivity contribution is 6.63. The van der Waals surface area contributed by atoms with Gasteiger partial charge in [0.05, 0.1) is 0 Å². The first-order chi connectivity index (χ1) is 16.2. The van der Waals surface area contributed by atoms with Crippen LogP contribution >= 0.6 is 0 Å². The Morgan fingerprint density at radius 2 is 1.36 bits per heavy atom. The molecule has 0 heterocycles. The molecule has 5 aromatic carbocycles. The molecule has 0 aliphatic heterocycles. The number of allylic oxidation sites excluding steroid dienone is 1. The quantitative estimate of drug-likeness (QED) is 0.349.